The number of anilines is 1. The standard InChI is InChI=1S/C11H13ClN4O.ClH/c1-11-2-6(14-7(11)3-11)10(17)16-9-5-13-4-8(12)15-9;/h4-7,14H,2-3H2,1H3,(H,15,16,17);1H/t6-,7+,11-;/m0./s1. The first kappa shape index (κ1) is 13.5. The van der Waals surface area contributed by atoms with Gasteiger partial charge in [-0.3, -0.25) is 9.78 Å². The van der Waals surface area contributed by atoms with Gasteiger partial charge in [-0.25, -0.2) is 4.98 Å². The number of fused-ring (bicyclic) bond motifs is 1. The highest BCUT2D eigenvalue weighted by molar-refractivity contribution is 6.29. The minimum atomic E-state index is -0.125. The van der Waals surface area contributed by atoms with Crippen LogP contribution in [0.4, 0.5) is 5.82 Å². The van der Waals surface area contributed by atoms with Crippen LogP contribution in [-0.4, -0.2) is 28.0 Å². The lowest BCUT2D eigenvalue weighted by Gasteiger charge is -2.13. The molecule has 1 aliphatic carbocycles. The van der Waals surface area contributed by atoms with Crippen LogP contribution in [0.25, 0.3) is 0 Å². The summed E-state index contributed by atoms with van der Waals surface area (Å²) in [5, 5.41) is 6.31. The zero-order valence-corrected chi connectivity index (χ0v) is 11.4. The molecule has 1 saturated heterocycles. The first-order valence-electron chi connectivity index (χ1n) is 5.61. The van der Waals surface area contributed by atoms with E-state index in [2.05, 4.69) is 27.5 Å². The lowest BCUT2D eigenvalue weighted by molar-refractivity contribution is -0.118. The number of hydrogen-bond donors (Lipinski definition) is 2. The van der Waals surface area contributed by atoms with Crippen LogP contribution in [0, 0.1) is 5.41 Å². The first-order valence-corrected chi connectivity index (χ1v) is 5.99. The molecule has 1 aliphatic heterocycles. The van der Waals surface area contributed by atoms with Gasteiger partial charge >= 0.3 is 0 Å². The predicted molar refractivity (Wildman–Crippen MR) is 71.0 cm³/mol. The first-order chi connectivity index (χ1) is 8.07. The van der Waals surface area contributed by atoms with E-state index >= 15 is 0 Å². The van der Waals surface area contributed by atoms with Gasteiger partial charge in [-0.15, -0.1) is 12.4 Å². The van der Waals surface area contributed by atoms with E-state index in [4.69, 9.17) is 11.6 Å². The smallest absolute Gasteiger partial charge is 0.242 e. The second-order valence-electron chi connectivity index (χ2n) is 5.05. The number of carbonyl (C=O) groups excluding carboxylic acids is 1. The van der Waals surface area contributed by atoms with Gasteiger partial charge in [0.2, 0.25) is 5.91 Å². The van der Waals surface area contributed by atoms with Crippen molar-refractivity contribution in [3.8, 4) is 0 Å². The Bertz CT molecular complexity index is 484. The third-order valence-corrected chi connectivity index (χ3v) is 3.78. The summed E-state index contributed by atoms with van der Waals surface area (Å²) in [5.74, 6) is 0.338. The summed E-state index contributed by atoms with van der Waals surface area (Å²) in [7, 11) is 0. The van der Waals surface area contributed by atoms with Crippen molar-refractivity contribution in [2.45, 2.75) is 31.8 Å². The van der Waals surface area contributed by atoms with E-state index in [0.717, 1.165) is 6.42 Å². The van der Waals surface area contributed by atoms with Crippen molar-refractivity contribution < 1.29 is 4.79 Å². The van der Waals surface area contributed by atoms with Gasteiger partial charge in [-0.2, -0.15) is 0 Å². The minimum absolute atomic E-state index is 0. The lowest BCUT2D eigenvalue weighted by atomic mass is 10.0. The maximum atomic E-state index is 11.9. The van der Waals surface area contributed by atoms with Crippen molar-refractivity contribution in [1.29, 1.82) is 0 Å². The average Bonchev–Trinajstić information content (AvgIpc) is 2.77. The molecule has 98 valence electrons. The molecule has 2 fully saturated rings. The Morgan fingerprint density at radius 3 is 2.94 bits per heavy atom. The fourth-order valence-corrected chi connectivity index (χ4v) is 2.59. The predicted octanol–water partition coefficient (Wildman–Crippen LogP) is 1.63. The van der Waals surface area contributed by atoms with Crippen LogP contribution in [0.15, 0.2) is 12.4 Å². The van der Waals surface area contributed by atoms with E-state index in [9.17, 15) is 4.79 Å². The van der Waals surface area contributed by atoms with Gasteiger partial charge in [0.15, 0.2) is 5.82 Å². The maximum absolute atomic E-state index is 11.9. The highest BCUT2D eigenvalue weighted by Crippen LogP contribution is 2.53. The summed E-state index contributed by atoms with van der Waals surface area (Å²) in [4.78, 5) is 19.8. The average molecular weight is 289 g/mol. The molecule has 1 amide bonds. The van der Waals surface area contributed by atoms with Crippen molar-refractivity contribution in [3.63, 3.8) is 0 Å². The molecule has 2 heterocycles. The highest BCUT2D eigenvalue weighted by atomic mass is 35.5. The van der Waals surface area contributed by atoms with Gasteiger partial charge in [-0.1, -0.05) is 18.5 Å². The van der Waals surface area contributed by atoms with Gasteiger partial charge in [-0.05, 0) is 18.3 Å². The molecule has 7 heteroatoms. The SMILES string of the molecule is C[C@@]12C[C@@H](C(=O)Nc3cncc(Cl)n3)N[C@@H]1C2.Cl. The number of hydrogen-bond acceptors (Lipinski definition) is 4. The summed E-state index contributed by atoms with van der Waals surface area (Å²) >= 11 is 5.70. The second-order valence-corrected chi connectivity index (χ2v) is 5.44. The summed E-state index contributed by atoms with van der Waals surface area (Å²) in [6, 6.07) is 0.378. The Hall–Kier alpha value is -0.910. The van der Waals surface area contributed by atoms with Crippen molar-refractivity contribution in [1.82, 2.24) is 15.3 Å². The lowest BCUT2D eigenvalue weighted by Crippen LogP contribution is -2.38. The summed E-state index contributed by atoms with van der Waals surface area (Å²) in [6.45, 7) is 2.21. The molecule has 0 aromatic carbocycles. The van der Waals surface area contributed by atoms with Crippen LogP contribution in [0.3, 0.4) is 0 Å². The Labute approximate surface area is 116 Å². The van der Waals surface area contributed by atoms with Gasteiger partial charge < -0.3 is 10.6 Å². The number of carbonyl (C=O) groups is 1. The quantitative estimate of drug-likeness (QED) is 0.868. The highest BCUT2D eigenvalue weighted by Gasteiger charge is 2.58. The summed E-state index contributed by atoms with van der Waals surface area (Å²) < 4.78 is 0. The van der Waals surface area contributed by atoms with Crippen LogP contribution in [0.5, 0.6) is 0 Å². The molecule has 1 saturated carbocycles. The topological polar surface area (TPSA) is 66.9 Å². The fourth-order valence-electron chi connectivity index (χ4n) is 2.45. The van der Waals surface area contributed by atoms with Crippen molar-refractivity contribution in [3.05, 3.63) is 17.5 Å². The zero-order valence-electron chi connectivity index (χ0n) is 9.81. The molecular weight excluding hydrogens is 275 g/mol. The van der Waals surface area contributed by atoms with E-state index < -0.39 is 0 Å². The summed E-state index contributed by atoms with van der Waals surface area (Å²) in [6.07, 6.45) is 4.98. The monoisotopic (exact) mass is 288 g/mol. The van der Waals surface area contributed by atoms with E-state index in [-0.39, 0.29) is 29.5 Å². The summed E-state index contributed by atoms with van der Waals surface area (Å²) in [5.41, 5.74) is 0.321. The van der Waals surface area contributed by atoms with Gasteiger partial charge in [0.1, 0.15) is 5.15 Å². The molecular formula is C11H14Cl2N4O. The molecule has 1 aromatic heterocycles. The number of rotatable bonds is 2. The van der Waals surface area contributed by atoms with E-state index in [1.54, 1.807) is 0 Å². The largest absolute Gasteiger partial charge is 0.308 e. The number of amides is 1. The molecule has 0 bridgehead atoms. The normalized spacial score (nSPS) is 32.3. The van der Waals surface area contributed by atoms with Crippen molar-refractivity contribution in [2.24, 2.45) is 5.41 Å². The number of nitrogens with zero attached hydrogens (tertiary/aromatic N) is 2. The third kappa shape index (κ3) is 2.43. The molecule has 1 aromatic rings. The molecule has 2 aliphatic rings. The Balaban J connectivity index is 0.00000120. The molecule has 0 unspecified atom stereocenters. The number of piperidine rings is 1. The van der Waals surface area contributed by atoms with Gasteiger partial charge in [0.05, 0.1) is 18.4 Å². The van der Waals surface area contributed by atoms with Crippen LogP contribution in [0.1, 0.15) is 19.8 Å². The Kier molecular flexibility index (Phi) is 3.49. The Morgan fingerprint density at radius 1 is 1.56 bits per heavy atom. The maximum Gasteiger partial charge on any atom is 0.242 e. The second kappa shape index (κ2) is 4.64. The van der Waals surface area contributed by atoms with Crippen LogP contribution >= 0.6 is 24.0 Å². The Morgan fingerprint density at radius 2 is 2.33 bits per heavy atom. The van der Waals surface area contributed by atoms with Crippen molar-refractivity contribution >= 4 is 35.7 Å². The third-order valence-electron chi connectivity index (χ3n) is 3.60. The van der Waals surface area contributed by atoms with Crippen LogP contribution in [-0.2, 0) is 4.79 Å². The molecule has 0 radical (unpaired) electrons. The van der Waals surface area contributed by atoms with E-state index in [1.165, 1.54) is 18.8 Å². The minimum Gasteiger partial charge on any atom is -0.308 e. The molecule has 2 N–H and O–H groups in total. The zero-order chi connectivity index (χ0) is 12.0. The number of aromatic nitrogens is 2. The van der Waals surface area contributed by atoms with E-state index in [1.807, 2.05) is 0 Å². The van der Waals surface area contributed by atoms with E-state index in [0.29, 0.717) is 17.3 Å². The van der Waals surface area contributed by atoms with Crippen LogP contribution < -0.4 is 10.6 Å². The van der Waals surface area contributed by atoms with Crippen molar-refractivity contribution in [2.75, 3.05) is 5.32 Å². The number of nitrogens with one attached hydrogen (secondary N) is 2. The molecule has 3 atom stereocenters. The molecule has 5 nitrogen and oxygen atoms in total. The van der Waals surface area contributed by atoms with Gasteiger partial charge in [0, 0.05) is 6.04 Å². The van der Waals surface area contributed by atoms with Crippen LogP contribution in [0.2, 0.25) is 5.15 Å². The fraction of sp³-hybridized carbons (Fsp3) is 0.545. The molecule has 18 heavy (non-hydrogen) atoms. The molecule has 0 spiro atoms. The van der Waals surface area contributed by atoms with Gasteiger partial charge in [0.25, 0.3) is 0 Å². The molecule has 3 rings (SSSR count). The number of halogens is 2.